The van der Waals surface area contributed by atoms with Crippen LogP contribution in [-0.2, 0) is 4.79 Å². The maximum atomic E-state index is 11.7. The van der Waals surface area contributed by atoms with Crippen LogP contribution in [0.1, 0.15) is 30.6 Å². The van der Waals surface area contributed by atoms with Gasteiger partial charge in [0.1, 0.15) is 5.56 Å². The molecule has 0 aliphatic rings. The van der Waals surface area contributed by atoms with E-state index in [2.05, 4.69) is 5.32 Å². The lowest BCUT2D eigenvalue weighted by atomic mass is 10.2. The number of hydrogen-bond acceptors (Lipinski definition) is 3. The quantitative estimate of drug-likeness (QED) is 0.841. The molecule has 6 heteroatoms. The van der Waals surface area contributed by atoms with Crippen molar-refractivity contribution in [2.24, 2.45) is 0 Å². The highest BCUT2D eigenvalue weighted by molar-refractivity contribution is 6.32. The van der Waals surface area contributed by atoms with Crippen molar-refractivity contribution in [3.63, 3.8) is 0 Å². The summed E-state index contributed by atoms with van der Waals surface area (Å²) in [6, 6.07) is 4.40. The standard InChI is InChI=1S/C13H16ClNO4/c1-3-7-15-12(16)8(2)19-11-9(13(17)18)5-4-6-10(11)14/h4-6,8H,3,7H2,1-2H3,(H,15,16)(H,17,18). The van der Waals surface area contributed by atoms with Crippen LogP contribution in [-0.4, -0.2) is 29.6 Å². The van der Waals surface area contributed by atoms with E-state index in [9.17, 15) is 9.59 Å². The summed E-state index contributed by atoms with van der Waals surface area (Å²) in [6.07, 6.45) is -0.00479. The number of benzene rings is 1. The molecule has 0 bridgehead atoms. The molecule has 0 heterocycles. The number of ether oxygens (including phenoxy) is 1. The van der Waals surface area contributed by atoms with E-state index in [-0.39, 0.29) is 22.2 Å². The molecule has 0 spiro atoms. The van der Waals surface area contributed by atoms with Gasteiger partial charge in [-0.1, -0.05) is 24.6 Å². The van der Waals surface area contributed by atoms with Crippen molar-refractivity contribution in [1.82, 2.24) is 5.32 Å². The third kappa shape index (κ3) is 4.13. The van der Waals surface area contributed by atoms with Crippen molar-refractivity contribution < 1.29 is 19.4 Å². The second-order valence-electron chi connectivity index (χ2n) is 3.97. The smallest absolute Gasteiger partial charge is 0.339 e. The fourth-order valence-corrected chi connectivity index (χ4v) is 1.64. The summed E-state index contributed by atoms with van der Waals surface area (Å²) in [7, 11) is 0. The fourth-order valence-electron chi connectivity index (χ4n) is 1.42. The van der Waals surface area contributed by atoms with Crippen molar-refractivity contribution in [3.8, 4) is 5.75 Å². The largest absolute Gasteiger partial charge is 0.478 e. The van der Waals surface area contributed by atoms with E-state index >= 15 is 0 Å². The number of rotatable bonds is 6. The van der Waals surface area contributed by atoms with Crippen LogP contribution in [0, 0.1) is 0 Å². The molecule has 2 N–H and O–H groups in total. The van der Waals surface area contributed by atoms with Crippen LogP contribution in [0.5, 0.6) is 5.75 Å². The van der Waals surface area contributed by atoms with Gasteiger partial charge >= 0.3 is 5.97 Å². The van der Waals surface area contributed by atoms with E-state index in [4.69, 9.17) is 21.4 Å². The average molecular weight is 286 g/mol. The Morgan fingerprint density at radius 1 is 1.47 bits per heavy atom. The van der Waals surface area contributed by atoms with E-state index in [0.29, 0.717) is 6.54 Å². The summed E-state index contributed by atoms with van der Waals surface area (Å²) in [6.45, 7) is 4.02. The van der Waals surface area contributed by atoms with Crippen LogP contribution < -0.4 is 10.1 Å². The molecule has 19 heavy (non-hydrogen) atoms. The van der Waals surface area contributed by atoms with Gasteiger partial charge in [0.05, 0.1) is 5.02 Å². The topological polar surface area (TPSA) is 75.6 Å². The van der Waals surface area contributed by atoms with E-state index in [1.807, 2.05) is 6.92 Å². The third-order valence-corrected chi connectivity index (χ3v) is 2.71. The second kappa shape index (κ2) is 6.99. The molecule has 5 nitrogen and oxygen atoms in total. The lowest BCUT2D eigenvalue weighted by Gasteiger charge is -2.16. The van der Waals surface area contributed by atoms with Gasteiger partial charge in [-0.15, -0.1) is 0 Å². The summed E-state index contributed by atoms with van der Waals surface area (Å²) in [4.78, 5) is 22.7. The Kier molecular flexibility index (Phi) is 5.63. The number of aromatic carboxylic acids is 1. The zero-order valence-corrected chi connectivity index (χ0v) is 11.5. The van der Waals surface area contributed by atoms with Crippen LogP contribution >= 0.6 is 11.6 Å². The molecule has 0 saturated heterocycles. The Hall–Kier alpha value is -1.75. The normalized spacial score (nSPS) is 11.7. The number of amides is 1. The highest BCUT2D eigenvalue weighted by atomic mass is 35.5. The number of carboxylic acid groups (broad SMARTS) is 1. The molecule has 0 aliphatic heterocycles. The maximum Gasteiger partial charge on any atom is 0.339 e. The molecule has 0 aromatic heterocycles. The molecule has 104 valence electrons. The van der Waals surface area contributed by atoms with Gasteiger partial charge in [0.15, 0.2) is 11.9 Å². The molecular formula is C13H16ClNO4. The molecule has 0 aliphatic carbocycles. The van der Waals surface area contributed by atoms with Gasteiger partial charge in [-0.05, 0) is 25.5 Å². The maximum absolute atomic E-state index is 11.7. The number of carbonyl (C=O) groups is 2. The van der Waals surface area contributed by atoms with Gasteiger partial charge in [0.25, 0.3) is 5.91 Å². The predicted molar refractivity (Wildman–Crippen MR) is 71.8 cm³/mol. The number of nitrogens with one attached hydrogen (secondary N) is 1. The number of carbonyl (C=O) groups excluding carboxylic acids is 1. The molecular weight excluding hydrogens is 270 g/mol. The average Bonchev–Trinajstić information content (AvgIpc) is 2.37. The van der Waals surface area contributed by atoms with Crippen molar-refractivity contribution in [3.05, 3.63) is 28.8 Å². The van der Waals surface area contributed by atoms with E-state index in [0.717, 1.165) is 6.42 Å². The van der Waals surface area contributed by atoms with Crippen molar-refractivity contribution in [2.45, 2.75) is 26.4 Å². The van der Waals surface area contributed by atoms with Crippen molar-refractivity contribution in [1.29, 1.82) is 0 Å². The molecule has 1 atom stereocenters. The summed E-state index contributed by atoms with van der Waals surface area (Å²) in [5.74, 6) is -1.45. The molecule has 1 amide bonds. The van der Waals surface area contributed by atoms with Crippen molar-refractivity contribution in [2.75, 3.05) is 6.54 Å². The highest BCUT2D eigenvalue weighted by Crippen LogP contribution is 2.29. The molecule has 1 aromatic rings. The van der Waals surface area contributed by atoms with Gasteiger partial charge in [0, 0.05) is 6.54 Å². The molecule has 0 radical (unpaired) electrons. The lowest BCUT2D eigenvalue weighted by Crippen LogP contribution is -2.37. The third-order valence-electron chi connectivity index (χ3n) is 2.41. The van der Waals surface area contributed by atoms with Crippen LogP contribution in [0.3, 0.4) is 0 Å². The Bertz CT molecular complexity index is 476. The van der Waals surface area contributed by atoms with Crippen molar-refractivity contribution >= 4 is 23.5 Å². The fraction of sp³-hybridized carbons (Fsp3) is 0.385. The molecule has 0 saturated carbocycles. The Morgan fingerprint density at radius 3 is 2.74 bits per heavy atom. The minimum atomic E-state index is -1.15. The Balaban J connectivity index is 2.87. The summed E-state index contributed by atoms with van der Waals surface area (Å²) in [5.41, 5.74) is -0.0670. The Labute approximate surface area is 116 Å². The lowest BCUT2D eigenvalue weighted by molar-refractivity contribution is -0.127. The first kappa shape index (κ1) is 15.3. The van der Waals surface area contributed by atoms with Gasteiger partial charge in [-0.2, -0.15) is 0 Å². The first-order valence-corrected chi connectivity index (χ1v) is 6.31. The zero-order valence-electron chi connectivity index (χ0n) is 10.8. The molecule has 1 rings (SSSR count). The van der Waals surface area contributed by atoms with Crippen LogP contribution in [0.4, 0.5) is 0 Å². The van der Waals surface area contributed by atoms with Crippen LogP contribution in [0.15, 0.2) is 18.2 Å². The molecule has 1 unspecified atom stereocenters. The predicted octanol–water partition coefficient (Wildman–Crippen LogP) is 2.33. The number of halogens is 1. The minimum Gasteiger partial charge on any atom is -0.478 e. The van der Waals surface area contributed by atoms with E-state index in [1.165, 1.54) is 18.2 Å². The van der Waals surface area contributed by atoms with E-state index in [1.54, 1.807) is 6.92 Å². The second-order valence-corrected chi connectivity index (χ2v) is 4.38. The van der Waals surface area contributed by atoms with Crippen LogP contribution in [0.2, 0.25) is 5.02 Å². The number of carboxylic acids is 1. The van der Waals surface area contributed by atoms with Gasteiger partial charge in [0.2, 0.25) is 0 Å². The monoisotopic (exact) mass is 285 g/mol. The molecule has 1 aromatic carbocycles. The first-order chi connectivity index (χ1) is 8.97. The van der Waals surface area contributed by atoms with E-state index < -0.39 is 12.1 Å². The van der Waals surface area contributed by atoms with Gasteiger partial charge in [-0.3, -0.25) is 4.79 Å². The summed E-state index contributed by atoms with van der Waals surface area (Å²) in [5, 5.41) is 11.9. The first-order valence-electron chi connectivity index (χ1n) is 5.93. The Morgan fingerprint density at radius 2 is 2.16 bits per heavy atom. The van der Waals surface area contributed by atoms with Gasteiger partial charge < -0.3 is 15.2 Å². The SMILES string of the molecule is CCCNC(=O)C(C)Oc1c(Cl)cccc1C(=O)O. The number of hydrogen-bond donors (Lipinski definition) is 2. The molecule has 0 fully saturated rings. The highest BCUT2D eigenvalue weighted by Gasteiger charge is 2.20. The zero-order chi connectivity index (χ0) is 14.4. The summed E-state index contributed by atoms with van der Waals surface area (Å²) < 4.78 is 5.37. The minimum absolute atomic E-state index is 0.0100. The number of para-hydroxylation sites is 1. The summed E-state index contributed by atoms with van der Waals surface area (Å²) >= 11 is 5.91. The van der Waals surface area contributed by atoms with Crippen LogP contribution in [0.25, 0.3) is 0 Å². The van der Waals surface area contributed by atoms with Gasteiger partial charge in [-0.25, -0.2) is 4.79 Å².